The fraction of sp³-hybridized carbons (Fsp3) is 0.0909. The monoisotopic (exact) mass is 224 g/mol. The number of hydrogen-bond donors (Lipinski definition) is 1. The summed E-state index contributed by atoms with van der Waals surface area (Å²) in [4.78, 5) is 0. The Balaban J connectivity index is 2.18. The summed E-state index contributed by atoms with van der Waals surface area (Å²) in [6, 6.07) is 5.68. The van der Waals surface area contributed by atoms with Crippen molar-refractivity contribution in [2.75, 3.05) is 7.11 Å². The smallest absolute Gasteiger partial charge is 0.374 e. The maximum atomic E-state index is 12.7. The fourth-order valence-corrected chi connectivity index (χ4v) is 1.17. The summed E-state index contributed by atoms with van der Waals surface area (Å²) in [6.45, 7) is 0. The largest absolute Gasteiger partial charge is 0.476 e. The summed E-state index contributed by atoms with van der Waals surface area (Å²) < 4.78 is 27.3. The van der Waals surface area contributed by atoms with Gasteiger partial charge in [-0.1, -0.05) is 0 Å². The summed E-state index contributed by atoms with van der Waals surface area (Å²) in [5.41, 5.74) is 0.639. The van der Waals surface area contributed by atoms with E-state index in [4.69, 9.17) is 9.47 Å². The van der Waals surface area contributed by atoms with Gasteiger partial charge in [-0.25, -0.2) is 4.39 Å². The molecule has 0 radical (unpaired) electrons. The second kappa shape index (κ2) is 4.14. The molecule has 5 heteroatoms. The van der Waals surface area contributed by atoms with Crippen LogP contribution in [0.5, 0.6) is 0 Å². The van der Waals surface area contributed by atoms with Crippen molar-refractivity contribution >= 4 is 5.76 Å². The number of hydrogen-bond acceptors (Lipinski definition) is 4. The van der Waals surface area contributed by atoms with Crippen LogP contribution >= 0.6 is 0 Å². The molecule has 1 aliphatic heterocycles. The van der Waals surface area contributed by atoms with E-state index in [1.165, 1.54) is 37.6 Å². The summed E-state index contributed by atoms with van der Waals surface area (Å²) in [7, 11) is 1.28. The molecule has 0 atom stereocenters. The second-order valence-corrected chi connectivity index (χ2v) is 3.01. The zero-order chi connectivity index (χ0) is 11.5. The Morgan fingerprint density at radius 2 is 2.00 bits per heavy atom. The van der Waals surface area contributed by atoms with Crippen molar-refractivity contribution in [3.8, 4) is 0 Å². The highest BCUT2D eigenvalue weighted by molar-refractivity contribution is 5.60. The molecule has 0 saturated heterocycles. The summed E-state index contributed by atoms with van der Waals surface area (Å²) in [5, 5.41) is 9.18. The maximum absolute atomic E-state index is 12.7. The van der Waals surface area contributed by atoms with E-state index in [1.807, 2.05) is 0 Å². The van der Waals surface area contributed by atoms with Gasteiger partial charge in [0.15, 0.2) is 5.76 Å². The van der Waals surface area contributed by atoms with Crippen LogP contribution in [0.15, 0.2) is 42.4 Å². The molecular weight excluding hydrogens is 215 g/mol. The Bertz CT molecular complexity index is 448. The summed E-state index contributed by atoms with van der Waals surface area (Å²) >= 11 is 0. The minimum absolute atomic E-state index is 0.137. The summed E-state index contributed by atoms with van der Waals surface area (Å²) in [5.74, 6) is -0.549. The lowest BCUT2D eigenvalue weighted by atomic mass is 10.2. The minimum atomic E-state index is -0.451. The third-order valence-electron chi connectivity index (χ3n) is 1.97. The molecule has 0 bridgehead atoms. The molecule has 1 aromatic carbocycles. The average molecular weight is 224 g/mol. The zero-order valence-corrected chi connectivity index (χ0v) is 8.44. The molecule has 1 N–H and O–H groups in total. The first-order chi connectivity index (χ1) is 7.70. The first-order valence-corrected chi connectivity index (χ1v) is 4.48. The third-order valence-corrected chi connectivity index (χ3v) is 1.97. The first kappa shape index (κ1) is 10.4. The number of rotatable bonds is 2. The standard InChI is InChI=1S/C11H9FO4/c1-14-10(13)11-15-6-9(16-11)7-2-4-8(12)5-3-7/h2-6,13H,1H3/b11-10+. The Labute approximate surface area is 91.2 Å². The van der Waals surface area contributed by atoms with Crippen molar-refractivity contribution in [3.63, 3.8) is 0 Å². The van der Waals surface area contributed by atoms with Crippen LogP contribution in [0, 0.1) is 5.82 Å². The quantitative estimate of drug-likeness (QED) is 0.784. The third kappa shape index (κ3) is 1.93. The van der Waals surface area contributed by atoms with Crippen molar-refractivity contribution in [2.24, 2.45) is 0 Å². The van der Waals surface area contributed by atoms with Gasteiger partial charge >= 0.3 is 11.9 Å². The SMILES string of the molecule is CO/C(O)=C1\OC=C(c2ccc(F)cc2)O1. The molecule has 1 aromatic rings. The molecule has 84 valence electrons. The van der Waals surface area contributed by atoms with Gasteiger partial charge in [-0.2, -0.15) is 0 Å². The average Bonchev–Trinajstić information content (AvgIpc) is 2.78. The van der Waals surface area contributed by atoms with Crippen LogP contribution in [0.25, 0.3) is 5.76 Å². The lowest BCUT2D eigenvalue weighted by Crippen LogP contribution is -1.94. The number of methoxy groups -OCH3 is 1. The minimum Gasteiger partial charge on any atom is -0.476 e. The van der Waals surface area contributed by atoms with E-state index in [9.17, 15) is 9.50 Å². The van der Waals surface area contributed by atoms with Crippen LogP contribution in [0.4, 0.5) is 4.39 Å². The van der Waals surface area contributed by atoms with Crippen LogP contribution < -0.4 is 0 Å². The highest BCUT2D eigenvalue weighted by Crippen LogP contribution is 2.27. The first-order valence-electron chi connectivity index (χ1n) is 4.48. The molecule has 1 aliphatic rings. The molecule has 0 unspecified atom stereocenters. The van der Waals surface area contributed by atoms with E-state index in [1.54, 1.807) is 0 Å². The molecule has 0 aliphatic carbocycles. The van der Waals surface area contributed by atoms with Crippen molar-refractivity contribution in [1.29, 1.82) is 0 Å². The number of aliphatic hydroxyl groups excluding tert-OH is 1. The lowest BCUT2D eigenvalue weighted by Gasteiger charge is -2.03. The van der Waals surface area contributed by atoms with Gasteiger partial charge in [0, 0.05) is 5.56 Å². The van der Waals surface area contributed by atoms with E-state index in [0.29, 0.717) is 11.3 Å². The molecular formula is C11H9FO4. The molecule has 4 nitrogen and oxygen atoms in total. The van der Waals surface area contributed by atoms with Crippen LogP contribution in [0.1, 0.15) is 5.56 Å². The Hall–Kier alpha value is -2.17. The molecule has 0 fully saturated rings. The molecule has 1 heterocycles. The topological polar surface area (TPSA) is 47.9 Å². The van der Waals surface area contributed by atoms with Gasteiger partial charge in [0.05, 0.1) is 7.11 Å². The highest BCUT2D eigenvalue weighted by atomic mass is 19.1. The number of benzene rings is 1. The summed E-state index contributed by atoms with van der Waals surface area (Å²) in [6.07, 6.45) is 1.30. The number of aliphatic hydroxyl groups is 1. The Morgan fingerprint density at radius 3 is 2.62 bits per heavy atom. The molecule has 0 amide bonds. The van der Waals surface area contributed by atoms with Gasteiger partial charge in [0.2, 0.25) is 0 Å². The van der Waals surface area contributed by atoms with Gasteiger partial charge in [0.25, 0.3) is 0 Å². The van der Waals surface area contributed by atoms with E-state index in [0.717, 1.165) is 0 Å². The molecule has 0 spiro atoms. The van der Waals surface area contributed by atoms with E-state index in [2.05, 4.69) is 4.74 Å². The van der Waals surface area contributed by atoms with Gasteiger partial charge in [-0.15, -0.1) is 0 Å². The predicted molar refractivity (Wildman–Crippen MR) is 53.2 cm³/mol. The van der Waals surface area contributed by atoms with Gasteiger partial charge in [-0.05, 0) is 24.3 Å². The number of halogens is 1. The Morgan fingerprint density at radius 1 is 1.31 bits per heavy atom. The van der Waals surface area contributed by atoms with Crippen LogP contribution in [-0.2, 0) is 14.2 Å². The highest BCUT2D eigenvalue weighted by Gasteiger charge is 2.20. The van der Waals surface area contributed by atoms with Crippen molar-refractivity contribution in [1.82, 2.24) is 0 Å². The van der Waals surface area contributed by atoms with Gasteiger partial charge < -0.3 is 19.3 Å². The number of ether oxygens (including phenoxy) is 3. The maximum Gasteiger partial charge on any atom is 0.374 e. The molecule has 2 rings (SSSR count). The van der Waals surface area contributed by atoms with Crippen molar-refractivity contribution in [2.45, 2.75) is 0 Å². The normalized spacial score (nSPS) is 17.2. The van der Waals surface area contributed by atoms with Gasteiger partial charge in [-0.3, -0.25) is 0 Å². The molecule has 0 aromatic heterocycles. The van der Waals surface area contributed by atoms with E-state index in [-0.39, 0.29) is 11.8 Å². The predicted octanol–water partition coefficient (Wildman–Crippen LogP) is 2.50. The van der Waals surface area contributed by atoms with Crippen molar-refractivity contribution < 1.29 is 23.7 Å². The van der Waals surface area contributed by atoms with Crippen LogP contribution in [0.2, 0.25) is 0 Å². The lowest BCUT2D eigenvalue weighted by molar-refractivity contribution is 0.0708. The zero-order valence-electron chi connectivity index (χ0n) is 8.44. The van der Waals surface area contributed by atoms with Crippen LogP contribution in [-0.4, -0.2) is 12.2 Å². The van der Waals surface area contributed by atoms with Crippen LogP contribution in [0.3, 0.4) is 0 Å². The van der Waals surface area contributed by atoms with E-state index >= 15 is 0 Å². The molecule has 16 heavy (non-hydrogen) atoms. The van der Waals surface area contributed by atoms with Gasteiger partial charge in [0.1, 0.15) is 12.1 Å². The fourth-order valence-electron chi connectivity index (χ4n) is 1.17. The second-order valence-electron chi connectivity index (χ2n) is 3.01. The Kier molecular flexibility index (Phi) is 2.68. The van der Waals surface area contributed by atoms with Crippen molar-refractivity contribution in [3.05, 3.63) is 53.8 Å². The van der Waals surface area contributed by atoms with E-state index < -0.39 is 5.95 Å². The molecule has 0 saturated carbocycles.